The van der Waals surface area contributed by atoms with Crippen LogP contribution in [0.3, 0.4) is 0 Å². The van der Waals surface area contributed by atoms with E-state index in [1.807, 2.05) is 153 Å². The second-order valence-corrected chi connectivity index (χ2v) is 11.1. The predicted molar refractivity (Wildman–Crippen MR) is 190 cm³/mol. The summed E-state index contributed by atoms with van der Waals surface area (Å²) >= 11 is 0. The Balaban J connectivity index is 0.000000144. The molecule has 4 aromatic heterocycles. The largest absolute Gasteiger partial charge is 0.476 e. The zero-order valence-electron chi connectivity index (χ0n) is 27.1. The third-order valence-electron chi connectivity index (χ3n) is 7.66. The van der Waals surface area contributed by atoms with Gasteiger partial charge in [0.1, 0.15) is 11.3 Å². The van der Waals surface area contributed by atoms with E-state index in [1.165, 1.54) is 0 Å². The second kappa shape index (κ2) is 16.0. The monoisotopic (exact) mass is 801 g/mol. The number of aromatic nitrogens is 3. The van der Waals surface area contributed by atoms with Crippen molar-refractivity contribution in [3.8, 4) is 33.8 Å². The van der Waals surface area contributed by atoms with E-state index in [0.717, 1.165) is 72.7 Å². The van der Waals surface area contributed by atoms with Gasteiger partial charge in [-0.15, -0.1) is 83.9 Å². The van der Waals surface area contributed by atoms with Gasteiger partial charge in [0, 0.05) is 39.0 Å². The Morgan fingerprint density at radius 1 is 0.625 bits per heavy atom. The minimum Gasteiger partial charge on any atom is -0.476 e. The van der Waals surface area contributed by atoms with Crippen molar-refractivity contribution in [2.45, 2.75) is 20.8 Å². The molecule has 0 saturated carbocycles. The number of para-hydroxylation sites is 1. The van der Waals surface area contributed by atoms with Gasteiger partial charge in [0.25, 0.3) is 0 Å². The molecule has 0 fully saturated rings. The Kier molecular flexibility index (Phi) is 11.3. The molecule has 0 aliphatic heterocycles. The summed E-state index contributed by atoms with van der Waals surface area (Å²) in [6, 6.07) is 53.7. The van der Waals surface area contributed by atoms with Crippen LogP contribution in [0.2, 0.25) is 0 Å². The fraction of sp³-hybridized carbons (Fsp3) is 0.0698. The van der Waals surface area contributed by atoms with E-state index in [9.17, 15) is 0 Å². The van der Waals surface area contributed by atoms with Gasteiger partial charge < -0.3 is 19.0 Å². The van der Waals surface area contributed by atoms with Gasteiger partial charge in [-0.2, -0.15) is 0 Å². The summed E-state index contributed by atoms with van der Waals surface area (Å²) in [7, 11) is 3.99. The summed E-state index contributed by atoms with van der Waals surface area (Å²) in [5, 5.41) is 2.22. The van der Waals surface area contributed by atoms with Crippen LogP contribution in [-0.4, -0.2) is 9.97 Å². The van der Waals surface area contributed by atoms with Gasteiger partial charge in [0.05, 0.1) is 11.3 Å². The first-order chi connectivity index (χ1) is 23.0. The standard InChI is InChI=1S/C18H12NO.C13H12N.C12H10N.Ir/c1-12-6-9-16(19-11-12)13-7-8-15-14-4-2-3-5-17(14)20-18(15)10-13;1-11-7-6-10-13(14(11)2)12-8-4-3-5-9-12;1-10-6-5-9-12(13-10)11-7-3-2-4-8-11;/h2-6,8-11H,1H3;3-8,10H,2H2,1H3;2-7,9H,1H3;/q3*-1;. The second-order valence-electron chi connectivity index (χ2n) is 11.1. The topological polar surface area (TPSA) is 42.8 Å². The fourth-order valence-corrected chi connectivity index (χ4v) is 5.12. The molecule has 0 atom stereocenters. The van der Waals surface area contributed by atoms with Gasteiger partial charge in [-0.1, -0.05) is 71.6 Å². The van der Waals surface area contributed by atoms with Crippen molar-refractivity contribution in [3.63, 3.8) is 0 Å². The first-order valence-electron chi connectivity index (χ1n) is 15.4. The van der Waals surface area contributed by atoms with Crippen molar-refractivity contribution in [2.75, 3.05) is 0 Å². The fourth-order valence-electron chi connectivity index (χ4n) is 5.12. The van der Waals surface area contributed by atoms with Crippen LogP contribution in [0.25, 0.3) is 55.7 Å². The molecule has 4 heterocycles. The van der Waals surface area contributed by atoms with Crippen LogP contribution in [0, 0.1) is 46.0 Å². The maximum absolute atomic E-state index is 5.89. The van der Waals surface area contributed by atoms with E-state index in [4.69, 9.17) is 4.42 Å². The number of hydrogen-bond donors (Lipinski definition) is 0. The molecule has 0 saturated heterocycles. The Bertz CT molecular complexity index is 2230. The van der Waals surface area contributed by atoms with Crippen LogP contribution in [-0.2, 0) is 20.1 Å². The maximum Gasteiger partial charge on any atom is 0.123 e. The molecule has 8 aromatic rings. The summed E-state index contributed by atoms with van der Waals surface area (Å²) in [4.78, 5) is 8.85. The Labute approximate surface area is 296 Å². The van der Waals surface area contributed by atoms with Crippen molar-refractivity contribution in [1.82, 2.24) is 9.97 Å². The number of benzene rings is 4. The van der Waals surface area contributed by atoms with Gasteiger partial charge in [-0.05, 0) is 61.3 Å². The Morgan fingerprint density at radius 2 is 1.35 bits per heavy atom. The average molecular weight is 801 g/mol. The molecule has 5 heteroatoms. The molecule has 48 heavy (non-hydrogen) atoms. The number of aryl methyl sites for hydroxylation is 3. The number of rotatable bonds is 3. The summed E-state index contributed by atoms with van der Waals surface area (Å²) in [5.41, 5.74) is 11.2. The summed E-state index contributed by atoms with van der Waals surface area (Å²) in [5.74, 6) is 0. The zero-order valence-corrected chi connectivity index (χ0v) is 29.5. The number of pyridine rings is 3. The third kappa shape index (κ3) is 8.13. The molecule has 0 amide bonds. The van der Waals surface area contributed by atoms with Gasteiger partial charge in [0.2, 0.25) is 0 Å². The molecule has 239 valence electrons. The minimum atomic E-state index is 0. The van der Waals surface area contributed by atoms with Crippen molar-refractivity contribution < 1.29 is 29.1 Å². The van der Waals surface area contributed by atoms with Gasteiger partial charge in [-0.25, -0.2) is 0 Å². The summed E-state index contributed by atoms with van der Waals surface area (Å²) < 4.78 is 7.81. The first-order valence-corrected chi connectivity index (χ1v) is 15.4. The predicted octanol–water partition coefficient (Wildman–Crippen LogP) is 10.0. The van der Waals surface area contributed by atoms with Crippen LogP contribution >= 0.6 is 0 Å². The molecule has 0 aliphatic rings. The molecule has 1 radical (unpaired) electrons. The molecule has 0 N–H and O–H groups in total. The molecular weight excluding hydrogens is 767 g/mol. The van der Waals surface area contributed by atoms with Crippen LogP contribution in [0.15, 0.2) is 144 Å². The van der Waals surface area contributed by atoms with Gasteiger partial charge >= 0.3 is 0 Å². The van der Waals surface area contributed by atoms with Crippen LogP contribution in [0.1, 0.15) is 17.0 Å². The van der Waals surface area contributed by atoms with E-state index >= 15 is 0 Å². The summed E-state index contributed by atoms with van der Waals surface area (Å²) in [6.45, 7) is 6.06. The molecule has 0 bridgehead atoms. The van der Waals surface area contributed by atoms with E-state index in [2.05, 4.69) is 47.3 Å². The molecule has 0 aliphatic carbocycles. The minimum absolute atomic E-state index is 0. The van der Waals surface area contributed by atoms with E-state index < -0.39 is 0 Å². The molecule has 0 unspecified atom stereocenters. The first kappa shape index (κ1) is 34.0. The van der Waals surface area contributed by atoms with Crippen LogP contribution < -0.4 is 4.57 Å². The van der Waals surface area contributed by atoms with Crippen molar-refractivity contribution in [3.05, 3.63) is 182 Å². The van der Waals surface area contributed by atoms with Crippen LogP contribution in [0.5, 0.6) is 0 Å². The van der Waals surface area contributed by atoms with Crippen molar-refractivity contribution in [2.24, 2.45) is 0 Å². The molecule has 8 rings (SSSR count). The zero-order chi connectivity index (χ0) is 32.6. The molecular formula is C43H34IrN3O-3. The van der Waals surface area contributed by atoms with E-state index in [-0.39, 0.29) is 20.1 Å². The summed E-state index contributed by atoms with van der Waals surface area (Å²) in [6.07, 6.45) is 1.87. The normalized spacial score (nSPS) is 10.3. The molecule has 4 nitrogen and oxygen atoms in total. The SMILES string of the molecule is Cc1ccc(-c2[c-]cc3c(c2)oc2ccccc23)nc1.Cc1cccc(-c2[c-]cccc2)n1.[CH2-][n+]1c(C)cccc1-c1[c-]cccc1.[Ir]. The molecule has 4 aromatic carbocycles. The average Bonchev–Trinajstić information content (AvgIpc) is 3.49. The van der Waals surface area contributed by atoms with Crippen molar-refractivity contribution in [1.29, 1.82) is 0 Å². The van der Waals surface area contributed by atoms with E-state index in [0.29, 0.717) is 0 Å². The smallest absolute Gasteiger partial charge is 0.123 e. The number of fused-ring (bicyclic) bond motifs is 3. The Hall–Kier alpha value is -5.35. The van der Waals surface area contributed by atoms with Gasteiger partial charge in [0.15, 0.2) is 0 Å². The number of hydrogen-bond acceptors (Lipinski definition) is 3. The van der Waals surface area contributed by atoms with Crippen molar-refractivity contribution >= 4 is 21.9 Å². The molecule has 0 spiro atoms. The van der Waals surface area contributed by atoms with Crippen LogP contribution in [0.4, 0.5) is 0 Å². The number of nitrogens with zero attached hydrogens (tertiary/aromatic N) is 3. The maximum atomic E-state index is 5.89. The number of furan rings is 1. The quantitative estimate of drug-likeness (QED) is 0.132. The van der Waals surface area contributed by atoms with E-state index in [1.54, 1.807) is 0 Å². The van der Waals surface area contributed by atoms with Gasteiger partial charge in [-0.3, -0.25) is 0 Å². The Morgan fingerprint density at radius 3 is 2.06 bits per heavy atom. The third-order valence-corrected chi connectivity index (χ3v) is 7.66.